The first kappa shape index (κ1) is 12.8. The number of benzene rings is 3. The van der Waals surface area contributed by atoms with E-state index < -0.39 is 0 Å². The topological polar surface area (TPSA) is 66.5 Å². The van der Waals surface area contributed by atoms with Crippen molar-refractivity contribution < 1.29 is 10.2 Å². The lowest BCUT2D eigenvalue weighted by Gasteiger charge is -1.96. The molecule has 0 aliphatic heterocycles. The molecule has 0 amide bonds. The lowest BCUT2D eigenvalue weighted by molar-refractivity contribution is 0.450. The molecule has 3 aromatic carbocycles. The Morgan fingerprint density at radius 3 is 1.84 bits per heavy atom. The lowest BCUT2D eigenvalue weighted by atomic mass is 10.1. The Bertz CT molecular complexity index is 663. The second-order valence-electron chi connectivity index (χ2n) is 4.13. The summed E-state index contributed by atoms with van der Waals surface area (Å²) in [5.41, 5.74) is 6.45. The lowest BCUT2D eigenvalue weighted by Crippen LogP contribution is -1.82. The Balaban J connectivity index is 0.000000148. The molecule has 0 spiro atoms. The van der Waals surface area contributed by atoms with Gasteiger partial charge in [-0.25, -0.2) is 0 Å². The zero-order valence-corrected chi connectivity index (χ0v) is 10.3. The van der Waals surface area contributed by atoms with Gasteiger partial charge in [0.1, 0.15) is 11.5 Å². The van der Waals surface area contributed by atoms with Gasteiger partial charge in [-0.15, -0.1) is 0 Å². The maximum Gasteiger partial charge on any atom is 0.119 e. The number of hydrogen-bond donors (Lipinski definition) is 3. The van der Waals surface area contributed by atoms with E-state index in [0.717, 1.165) is 5.69 Å². The van der Waals surface area contributed by atoms with Crippen molar-refractivity contribution in [2.75, 3.05) is 5.73 Å². The Morgan fingerprint density at radius 2 is 1.26 bits per heavy atom. The molecule has 0 aliphatic rings. The summed E-state index contributed by atoms with van der Waals surface area (Å²) < 4.78 is 0. The maximum absolute atomic E-state index is 8.65. The summed E-state index contributed by atoms with van der Waals surface area (Å²) >= 11 is 0. The van der Waals surface area contributed by atoms with E-state index in [-0.39, 0.29) is 11.5 Å². The number of anilines is 1. The second kappa shape index (κ2) is 5.78. The van der Waals surface area contributed by atoms with E-state index in [2.05, 4.69) is 12.1 Å². The minimum atomic E-state index is 0.0880. The van der Waals surface area contributed by atoms with Gasteiger partial charge >= 0.3 is 0 Å². The van der Waals surface area contributed by atoms with Crippen molar-refractivity contribution in [1.82, 2.24) is 0 Å². The molecule has 0 fully saturated rings. The average molecular weight is 253 g/mol. The molecule has 0 atom stereocenters. The third-order valence-corrected chi connectivity index (χ3v) is 2.60. The fourth-order valence-electron chi connectivity index (χ4n) is 1.70. The van der Waals surface area contributed by atoms with Gasteiger partial charge in [-0.3, -0.25) is 0 Å². The van der Waals surface area contributed by atoms with Crippen molar-refractivity contribution >= 4 is 16.5 Å². The summed E-state index contributed by atoms with van der Waals surface area (Å²) in [4.78, 5) is 0. The Hall–Kier alpha value is -2.68. The van der Waals surface area contributed by atoms with Crippen LogP contribution in [0.1, 0.15) is 0 Å². The predicted octanol–water partition coefficient (Wildman–Crippen LogP) is 3.52. The number of phenols is 2. The van der Waals surface area contributed by atoms with Gasteiger partial charge in [-0.2, -0.15) is 0 Å². The molecule has 3 nitrogen and oxygen atoms in total. The summed E-state index contributed by atoms with van der Waals surface area (Å²) in [7, 11) is 0. The number of fused-ring (bicyclic) bond motifs is 1. The highest BCUT2D eigenvalue weighted by atomic mass is 16.3. The number of nitrogens with two attached hydrogens (primary N) is 1. The van der Waals surface area contributed by atoms with Crippen LogP contribution in [-0.4, -0.2) is 10.2 Å². The molecule has 3 heteroatoms. The molecule has 19 heavy (non-hydrogen) atoms. The molecule has 3 rings (SSSR count). The summed E-state index contributed by atoms with van der Waals surface area (Å²) in [5, 5.41) is 19.7. The van der Waals surface area contributed by atoms with Gasteiger partial charge in [-0.05, 0) is 35.0 Å². The molecule has 0 saturated heterocycles. The molecule has 0 unspecified atom stereocenters. The number of rotatable bonds is 0. The number of phenolic OH excluding ortho intramolecular Hbond substituents is 2. The normalized spacial score (nSPS) is 9.68. The van der Waals surface area contributed by atoms with Crippen LogP contribution in [0, 0.1) is 0 Å². The standard InChI is InChI=1S/C10H9N.C6H6O2/c11-10-6-5-8-3-1-2-4-9(8)7-10;7-5-2-1-3-6(8)4-5/h1-7H,11H2;1-4,7-8H. The molecular formula is C16H15NO2. The van der Waals surface area contributed by atoms with Crippen LogP contribution in [0.15, 0.2) is 66.7 Å². The summed E-state index contributed by atoms with van der Waals surface area (Å²) in [6.07, 6.45) is 0. The molecule has 0 aliphatic carbocycles. The summed E-state index contributed by atoms with van der Waals surface area (Å²) in [6.45, 7) is 0. The summed E-state index contributed by atoms with van der Waals surface area (Å²) in [5.74, 6) is 0.176. The van der Waals surface area contributed by atoms with Crippen molar-refractivity contribution in [1.29, 1.82) is 0 Å². The smallest absolute Gasteiger partial charge is 0.119 e. The molecule has 3 aromatic rings. The fourth-order valence-corrected chi connectivity index (χ4v) is 1.70. The van der Waals surface area contributed by atoms with Crippen LogP contribution in [0.5, 0.6) is 11.5 Å². The van der Waals surface area contributed by atoms with Crippen LogP contribution in [0.25, 0.3) is 10.8 Å². The Labute approximate surface area is 111 Å². The molecule has 96 valence electrons. The molecular weight excluding hydrogens is 238 g/mol. The molecule has 0 bridgehead atoms. The van der Waals surface area contributed by atoms with Crippen molar-refractivity contribution in [2.45, 2.75) is 0 Å². The van der Waals surface area contributed by atoms with Gasteiger partial charge in [0.15, 0.2) is 0 Å². The van der Waals surface area contributed by atoms with E-state index >= 15 is 0 Å². The second-order valence-corrected chi connectivity index (χ2v) is 4.13. The van der Waals surface area contributed by atoms with Gasteiger partial charge < -0.3 is 15.9 Å². The van der Waals surface area contributed by atoms with E-state index in [0.29, 0.717) is 0 Å². The molecule has 0 saturated carbocycles. The highest BCUT2D eigenvalue weighted by Gasteiger charge is 1.90. The zero-order valence-electron chi connectivity index (χ0n) is 10.3. The first-order chi connectivity index (χ1) is 9.15. The average Bonchev–Trinajstić information content (AvgIpc) is 2.39. The molecule has 0 aromatic heterocycles. The highest BCUT2D eigenvalue weighted by molar-refractivity contribution is 5.85. The minimum Gasteiger partial charge on any atom is -0.508 e. The largest absolute Gasteiger partial charge is 0.508 e. The van der Waals surface area contributed by atoms with Gasteiger partial charge in [-0.1, -0.05) is 36.4 Å². The van der Waals surface area contributed by atoms with Crippen LogP contribution < -0.4 is 5.73 Å². The number of hydrogen-bond acceptors (Lipinski definition) is 3. The maximum atomic E-state index is 8.65. The van der Waals surface area contributed by atoms with Gasteiger partial charge in [0.05, 0.1) is 0 Å². The monoisotopic (exact) mass is 253 g/mol. The van der Waals surface area contributed by atoms with E-state index in [9.17, 15) is 0 Å². The van der Waals surface area contributed by atoms with E-state index in [4.69, 9.17) is 15.9 Å². The third-order valence-electron chi connectivity index (χ3n) is 2.60. The van der Waals surface area contributed by atoms with Crippen LogP contribution in [0.4, 0.5) is 5.69 Å². The van der Waals surface area contributed by atoms with E-state index in [1.165, 1.54) is 29.0 Å². The van der Waals surface area contributed by atoms with E-state index in [1.807, 2.05) is 30.3 Å². The van der Waals surface area contributed by atoms with Gasteiger partial charge in [0.2, 0.25) is 0 Å². The zero-order chi connectivity index (χ0) is 13.7. The third kappa shape index (κ3) is 3.64. The quantitative estimate of drug-likeness (QED) is 0.537. The van der Waals surface area contributed by atoms with E-state index in [1.54, 1.807) is 6.07 Å². The van der Waals surface area contributed by atoms with Crippen LogP contribution in [0.3, 0.4) is 0 Å². The highest BCUT2D eigenvalue weighted by Crippen LogP contribution is 2.16. The Morgan fingerprint density at radius 1 is 0.632 bits per heavy atom. The van der Waals surface area contributed by atoms with Crippen molar-refractivity contribution in [2.24, 2.45) is 0 Å². The fraction of sp³-hybridized carbons (Fsp3) is 0. The van der Waals surface area contributed by atoms with Crippen molar-refractivity contribution in [3.8, 4) is 11.5 Å². The number of aromatic hydroxyl groups is 2. The van der Waals surface area contributed by atoms with Crippen LogP contribution in [0.2, 0.25) is 0 Å². The van der Waals surface area contributed by atoms with Crippen LogP contribution >= 0.6 is 0 Å². The first-order valence-corrected chi connectivity index (χ1v) is 5.87. The minimum absolute atomic E-state index is 0.0880. The van der Waals surface area contributed by atoms with Crippen LogP contribution in [-0.2, 0) is 0 Å². The van der Waals surface area contributed by atoms with Crippen molar-refractivity contribution in [3.05, 3.63) is 66.7 Å². The first-order valence-electron chi connectivity index (χ1n) is 5.87. The predicted molar refractivity (Wildman–Crippen MR) is 78.1 cm³/mol. The molecule has 0 radical (unpaired) electrons. The Kier molecular flexibility index (Phi) is 3.88. The number of nitrogen functional groups attached to an aromatic ring is 1. The summed E-state index contributed by atoms with van der Waals surface area (Å²) in [6, 6.07) is 20.0. The van der Waals surface area contributed by atoms with Gasteiger partial charge in [0.25, 0.3) is 0 Å². The molecule has 4 N–H and O–H groups in total. The molecule has 0 heterocycles. The SMILES string of the molecule is Nc1ccc2ccccc2c1.Oc1cccc(O)c1. The van der Waals surface area contributed by atoms with Gasteiger partial charge in [0, 0.05) is 11.8 Å². The van der Waals surface area contributed by atoms with Crippen molar-refractivity contribution in [3.63, 3.8) is 0 Å².